The van der Waals surface area contributed by atoms with Gasteiger partial charge in [-0.1, -0.05) is 0 Å². The second-order valence-corrected chi connectivity index (χ2v) is 6.05. The molecule has 1 fully saturated rings. The molecule has 1 aromatic heterocycles. The molecular weight excluding hydrogens is 266 g/mol. The Morgan fingerprint density at radius 2 is 2.11 bits per heavy atom. The number of nitrogens with zero attached hydrogens (tertiary/aromatic N) is 2. The van der Waals surface area contributed by atoms with E-state index in [2.05, 4.69) is 20.6 Å². The summed E-state index contributed by atoms with van der Waals surface area (Å²) in [5, 5.41) is 13.5. The summed E-state index contributed by atoms with van der Waals surface area (Å²) in [5.74, 6) is 0.694. The normalized spacial score (nSPS) is 15.3. The third kappa shape index (κ3) is 3.08. The van der Waals surface area contributed by atoms with Crippen molar-refractivity contribution in [2.45, 2.75) is 11.6 Å². The highest BCUT2D eigenvalue weighted by molar-refractivity contribution is 7.90. The molecule has 0 radical (unpaired) electrons. The maximum atomic E-state index is 11.4. The maximum Gasteiger partial charge on any atom is 0.247 e. The van der Waals surface area contributed by atoms with Crippen LogP contribution in [0.2, 0.25) is 0 Å². The standard InChI is InChI=1S/C11H15N5O2S/c1-19(17,18)11-15-6-3-9(16-11)8(7-12)10-13-4-2-5-14-10/h3,6-7,12-14H,2,4-5H2,1H3. The van der Waals surface area contributed by atoms with Gasteiger partial charge in [0, 0.05) is 31.8 Å². The number of aromatic nitrogens is 2. The van der Waals surface area contributed by atoms with Crippen molar-refractivity contribution in [1.29, 1.82) is 5.41 Å². The summed E-state index contributed by atoms with van der Waals surface area (Å²) in [6.07, 6.45) is 4.58. The average molecular weight is 281 g/mol. The molecule has 1 aliphatic rings. The molecule has 1 aliphatic heterocycles. The Hall–Kier alpha value is -1.96. The van der Waals surface area contributed by atoms with Crippen molar-refractivity contribution in [2.75, 3.05) is 19.3 Å². The molecule has 7 nitrogen and oxygen atoms in total. The van der Waals surface area contributed by atoms with Crippen LogP contribution in [0.25, 0.3) is 5.57 Å². The molecule has 102 valence electrons. The van der Waals surface area contributed by atoms with E-state index in [0.29, 0.717) is 17.1 Å². The summed E-state index contributed by atoms with van der Waals surface area (Å²) in [6, 6.07) is 1.58. The zero-order chi connectivity index (χ0) is 13.9. The van der Waals surface area contributed by atoms with Crippen molar-refractivity contribution in [3.63, 3.8) is 0 Å². The number of hydrogen-bond acceptors (Lipinski definition) is 7. The number of rotatable bonds is 3. The average Bonchev–Trinajstić information content (AvgIpc) is 2.40. The molecule has 1 saturated heterocycles. The fourth-order valence-corrected chi connectivity index (χ4v) is 2.23. The zero-order valence-electron chi connectivity index (χ0n) is 10.5. The van der Waals surface area contributed by atoms with Gasteiger partial charge in [0.2, 0.25) is 15.0 Å². The molecule has 0 unspecified atom stereocenters. The van der Waals surface area contributed by atoms with Crippen LogP contribution < -0.4 is 10.6 Å². The molecule has 0 saturated carbocycles. The Morgan fingerprint density at radius 3 is 2.68 bits per heavy atom. The minimum absolute atomic E-state index is 0.235. The first kappa shape index (κ1) is 13.5. The summed E-state index contributed by atoms with van der Waals surface area (Å²) in [6.45, 7) is 1.62. The quantitative estimate of drug-likeness (QED) is 0.522. The van der Waals surface area contributed by atoms with Crippen LogP contribution in [0.4, 0.5) is 0 Å². The van der Waals surface area contributed by atoms with Crippen molar-refractivity contribution < 1.29 is 8.42 Å². The Morgan fingerprint density at radius 1 is 1.42 bits per heavy atom. The zero-order valence-corrected chi connectivity index (χ0v) is 11.3. The summed E-state index contributed by atoms with van der Waals surface area (Å²) in [5.41, 5.74) is 0.925. The monoisotopic (exact) mass is 281 g/mol. The molecule has 0 spiro atoms. The molecule has 19 heavy (non-hydrogen) atoms. The van der Waals surface area contributed by atoms with Gasteiger partial charge in [-0.05, 0) is 12.5 Å². The lowest BCUT2D eigenvalue weighted by molar-refractivity contribution is 0.575. The summed E-state index contributed by atoms with van der Waals surface area (Å²) < 4.78 is 22.9. The van der Waals surface area contributed by atoms with Gasteiger partial charge in [0.15, 0.2) is 0 Å². The molecule has 8 heteroatoms. The van der Waals surface area contributed by atoms with Crippen LogP contribution in [0.5, 0.6) is 0 Å². The predicted molar refractivity (Wildman–Crippen MR) is 71.5 cm³/mol. The third-order valence-corrected chi connectivity index (χ3v) is 3.47. The van der Waals surface area contributed by atoms with E-state index in [0.717, 1.165) is 32.0 Å². The molecule has 2 rings (SSSR count). The largest absolute Gasteiger partial charge is 0.371 e. The molecule has 0 aliphatic carbocycles. The highest BCUT2D eigenvalue weighted by Gasteiger charge is 2.15. The van der Waals surface area contributed by atoms with E-state index < -0.39 is 9.84 Å². The molecule has 1 aromatic rings. The van der Waals surface area contributed by atoms with Crippen molar-refractivity contribution >= 4 is 21.6 Å². The van der Waals surface area contributed by atoms with Crippen molar-refractivity contribution in [2.24, 2.45) is 0 Å². The van der Waals surface area contributed by atoms with E-state index in [4.69, 9.17) is 5.41 Å². The molecular formula is C11H15N5O2S. The predicted octanol–water partition coefficient (Wildman–Crippen LogP) is -0.219. The number of sulfone groups is 1. The summed E-state index contributed by atoms with van der Waals surface area (Å²) >= 11 is 0. The lowest BCUT2D eigenvalue weighted by Gasteiger charge is -2.21. The van der Waals surface area contributed by atoms with Gasteiger partial charge >= 0.3 is 0 Å². The van der Waals surface area contributed by atoms with Crippen molar-refractivity contribution in [3.05, 3.63) is 23.8 Å². The second kappa shape index (κ2) is 5.35. The second-order valence-electron chi connectivity index (χ2n) is 4.14. The van der Waals surface area contributed by atoms with Gasteiger partial charge in [0.05, 0.1) is 11.3 Å². The molecule has 3 N–H and O–H groups in total. The van der Waals surface area contributed by atoms with Gasteiger partial charge in [-0.3, -0.25) is 0 Å². The maximum absolute atomic E-state index is 11.4. The number of allylic oxidation sites excluding steroid dienone is 1. The molecule has 0 aromatic carbocycles. The van der Waals surface area contributed by atoms with Gasteiger partial charge < -0.3 is 16.0 Å². The SMILES string of the molecule is CS(=O)(=O)c1nccc(C(C=N)=C2NCCCN2)n1. The first-order valence-electron chi connectivity index (χ1n) is 5.78. The number of hydrogen-bond donors (Lipinski definition) is 3. The van der Waals surface area contributed by atoms with Crippen LogP contribution >= 0.6 is 0 Å². The van der Waals surface area contributed by atoms with E-state index in [9.17, 15) is 8.42 Å². The van der Waals surface area contributed by atoms with Crippen LogP contribution in [0.3, 0.4) is 0 Å². The van der Waals surface area contributed by atoms with Gasteiger partial charge in [-0.2, -0.15) is 0 Å². The minimum atomic E-state index is -3.46. The van der Waals surface area contributed by atoms with E-state index in [1.165, 1.54) is 6.20 Å². The first-order chi connectivity index (χ1) is 9.02. The lowest BCUT2D eigenvalue weighted by atomic mass is 10.1. The molecule has 2 heterocycles. The summed E-state index contributed by atoms with van der Waals surface area (Å²) in [7, 11) is -3.46. The topological polar surface area (TPSA) is 108 Å². The smallest absolute Gasteiger partial charge is 0.247 e. The van der Waals surface area contributed by atoms with E-state index >= 15 is 0 Å². The third-order valence-electron chi connectivity index (χ3n) is 2.61. The lowest BCUT2D eigenvalue weighted by Crippen LogP contribution is -2.36. The van der Waals surface area contributed by atoms with Crippen LogP contribution in [0.1, 0.15) is 12.1 Å². The van der Waals surface area contributed by atoms with Crippen LogP contribution in [-0.4, -0.2) is 43.9 Å². The van der Waals surface area contributed by atoms with Crippen LogP contribution in [0, 0.1) is 5.41 Å². The van der Waals surface area contributed by atoms with Crippen molar-refractivity contribution in [3.8, 4) is 0 Å². The van der Waals surface area contributed by atoms with Gasteiger partial charge in [0.25, 0.3) is 0 Å². The van der Waals surface area contributed by atoms with Crippen LogP contribution in [-0.2, 0) is 9.84 Å². The van der Waals surface area contributed by atoms with E-state index in [-0.39, 0.29) is 5.16 Å². The molecule has 0 bridgehead atoms. The van der Waals surface area contributed by atoms with Crippen LogP contribution in [0.15, 0.2) is 23.2 Å². The Balaban J connectivity index is 2.47. The van der Waals surface area contributed by atoms with Gasteiger partial charge in [0.1, 0.15) is 5.82 Å². The molecule has 0 atom stereocenters. The molecule has 0 amide bonds. The highest BCUT2D eigenvalue weighted by Crippen LogP contribution is 2.14. The van der Waals surface area contributed by atoms with Gasteiger partial charge in [-0.15, -0.1) is 0 Å². The Bertz CT molecular complexity index is 616. The summed E-state index contributed by atoms with van der Waals surface area (Å²) in [4.78, 5) is 7.74. The van der Waals surface area contributed by atoms with E-state index in [1.54, 1.807) is 6.07 Å². The fourth-order valence-electron chi connectivity index (χ4n) is 1.71. The highest BCUT2D eigenvalue weighted by atomic mass is 32.2. The number of nitrogens with one attached hydrogen (secondary N) is 3. The fraction of sp³-hybridized carbons (Fsp3) is 0.364. The van der Waals surface area contributed by atoms with Crippen molar-refractivity contribution in [1.82, 2.24) is 20.6 Å². The van der Waals surface area contributed by atoms with E-state index in [1.807, 2.05) is 0 Å². The minimum Gasteiger partial charge on any atom is -0.371 e. The Kier molecular flexibility index (Phi) is 3.79. The first-order valence-corrected chi connectivity index (χ1v) is 7.67. The Labute approximate surface area is 111 Å². The van der Waals surface area contributed by atoms with Gasteiger partial charge in [-0.25, -0.2) is 18.4 Å².